The number of nitro benzene ring substituents is 1. The average molecular weight is 596 g/mol. The van der Waals surface area contributed by atoms with Crippen molar-refractivity contribution in [2.24, 2.45) is 0 Å². The number of carbonyl (C=O) groups excluding carboxylic acids is 1. The number of anilines is 1. The number of nitro groups is 1. The van der Waals surface area contributed by atoms with Gasteiger partial charge in [-0.05, 0) is 60.2 Å². The summed E-state index contributed by atoms with van der Waals surface area (Å²) >= 11 is 22.3. The Labute approximate surface area is 222 Å². The second kappa shape index (κ2) is 10.5. The van der Waals surface area contributed by atoms with Crippen molar-refractivity contribution >= 4 is 90.8 Å². The van der Waals surface area contributed by atoms with Crippen LogP contribution < -0.4 is 9.64 Å². The van der Waals surface area contributed by atoms with Crippen LogP contribution in [0, 0.1) is 10.1 Å². The van der Waals surface area contributed by atoms with Crippen LogP contribution in [0.3, 0.4) is 0 Å². The number of thiocarbonyl (C=S) groups is 1. The van der Waals surface area contributed by atoms with Gasteiger partial charge in [0.05, 0.1) is 20.5 Å². The van der Waals surface area contributed by atoms with Gasteiger partial charge < -0.3 is 4.74 Å². The fraction of sp³-hybridized carbons (Fsp3) is 0.0435. The number of ether oxygens (including phenoxy) is 1. The first-order chi connectivity index (χ1) is 16.2. The van der Waals surface area contributed by atoms with E-state index in [2.05, 4.69) is 15.9 Å². The number of non-ortho nitro benzene ring substituents is 1. The number of rotatable bonds is 6. The Morgan fingerprint density at radius 3 is 2.53 bits per heavy atom. The van der Waals surface area contributed by atoms with Crippen molar-refractivity contribution in [3.05, 3.63) is 101 Å². The van der Waals surface area contributed by atoms with Gasteiger partial charge in [-0.2, -0.15) is 0 Å². The Balaban J connectivity index is 1.59. The minimum atomic E-state index is -0.454. The topological polar surface area (TPSA) is 72.7 Å². The molecule has 0 aliphatic carbocycles. The van der Waals surface area contributed by atoms with Crippen molar-refractivity contribution in [1.82, 2.24) is 0 Å². The van der Waals surface area contributed by atoms with E-state index in [-0.39, 0.29) is 18.2 Å². The second-order valence-electron chi connectivity index (χ2n) is 7.01. The summed E-state index contributed by atoms with van der Waals surface area (Å²) in [6.45, 7) is 0.196. The van der Waals surface area contributed by atoms with Gasteiger partial charge in [0, 0.05) is 27.2 Å². The molecule has 1 saturated heterocycles. The fourth-order valence-electron chi connectivity index (χ4n) is 3.12. The maximum Gasteiger partial charge on any atom is 0.270 e. The molecule has 0 saturated carbocycles. The van der Waals surface area contributed by atoms with Crippen molar-refractivity contribution in [2.45, 2.75) is 6.61 Å². The van der Waals surface area contributed by atoms with Crippen LogP contribution in [-0.2, 0) is 11.4 Å². The number of hydrogen-bond donors (Lipinski definition) is 0. The van der Waals surface area contributed by atoms with E-state index in [1.165, 1.54) is 17.0 Å². The van der Waals surface area contributed by atoms with Gasteiger partial charge in [-0.3, -0.25) is 19.8 Å². The Bertz CT molecular complexity index is 1350. The van der Waals surface area contributed by atoms with Crippen molar-refractivity contribution < 1.29 is 14.5 Å². The lowest BCUT2D eigenvalue weighted by Gasteiger charge is -2.16. The molecule has 172 valence electrons. The molecule has 0 bridgehead atoms. The van der Waals surface area contributed by atoms with Crippen molar-refractivity contribution in [3.63, 3.8) is 0 Å². The molecule has 0 N–H and O–H groups in total. The summed E-state index contributed by atoms with van der Waals surface area (Å²) in [7, 11) is 0. The van der Waals surface area contributed by atoms with Gasteiger partial charge >= 0.3 is 0 Å². The first kappa shape index (κ1) is 24.7. The summed E-state index contributed by atoms with van der Waals surface area (Å²) in [6, 6.07) is 16.4. The third kappa shape index (κ3) is 5.45. The zero-order valence-electron chi connectivity index (χ0n) is 17.0. The van der Waals surface area contributed by atoms with Gasteiger partial charge in [0.1, 0.15) is 12.4 Å². The lowest BCUT2D eigenvalue weighted by Crippen LogP contribution is -2.27. The van der Waals surface area contributed by atoms with Crippen LogP contribution in [0.2, 0.25) is 10.0 Å². The lowest BCUT2D eigenvalue weighted by atomic mass is 10.1. The number of benzene rings is 3. The number of thioether (sulfide) groups is 1. The summed E-state index contributed by atoms with van der Waals surface area (Å²) in [6.07, 6.45) is 1.71. The number of carbonyl (C=O) groups is 1. The molecule has 4 rings (SSSR count). The largest absolute Gasteiger partial charge is 0.488 e. The van der Waals surface area contributed by atoms with Crippen LogP contribution in [0.4, 0.5) is 11.4 Å². The van der Waals surface area contributed by atoms with Crippen LogP contribution in [0.25, 0.3) is 6.08 Å². The third-order valence-electron chi connectivity index (χ3n) is 4.74. The second-order valence-corrected chi connectivity index (χ2v) is 10.4. The molecule has 1 amide bonds. The lowest BCUT2D eigenvalue weighted by molar-refractivity contribution is -0.384. The number of nitrogens with zero attached hydrogens (tertiary/aromatic N) is 2. The molecule has 0 spiro atoms. The summed E-state index contributed by atoms with van der Waals surface area (Å²) in [5.74, 6) is 0.233. The van der Waals surface area contributed by atoms with Gasteiger partial charge in [0.2, 0.25) is 0 Å². The number of halogens is 3. The SMILES string of the molecule is O=C1/C(=C\c2cc(Br)ccc2OCc2ccc([N+](=O)[O-])cc2)SC(=S)N1c1ccc(Cl)cc1Cl. The molecule has 1 aliphatic heterocycles. The normalized spacial score (nSPS) is 14.7. The summed E-state index contributed by atoms with van der Waals surface area (Å²) in [5.41, 5.74) is 1.90. The van der Waals surface area contributed by atoms with Crippen LogP contribution >= 0.6 is 63.1 Å². The van der Waals surface area contributed by atoms with Gasteiger partial charge in [-0.15, -0.1) is 0 Å². The smallest absolute Gasteiger partial charge is 0.270 e. The zero-order chi connectivity index (χ0) is 24.4. The van der Waals surface area contributed by atoms with E-state index < -0.39 is 4.92 Å². The maximum absolute atomic E-state index is 13.2. The molecule has 11 heteroatoms. The molecule has 6 nitrogen and oxygen atoms in total. The molecule has 0 radical (unpaired) electrons. The molecule has 1 heterocycles. The highest BCUT2D eigenvalue weighted by Gasteiger charge is 2.34. The Hall–Kier alpha value is -2.43. The molecule has 0 unspecified atom stereocenters. The molecule has 3 aromatic carbocycles. The van der Waals surface area contributed by atoms with Gasteiger partial charge in [-0.25, -0.2) is 0 Å². The minimum Gasteiger partial charge on any atom is -0.488 e. The first-order valence-electron chi connectivity index (χ1n) is 9.61. The molecule has 0 atom stereocenters. The minimum absolute atomic E-state index is 0.0101. The standard InChI is InChI=1S/C23H13BrCl2N2O4S2/c24-15-3-8-20(32-12-13-1-5-17(6-2-13)28(30)31)14(9-15)10-21-22(29)27(23(33)34-21)19-7-4-16(25)11-18(19)26/h1-11H,12H2/b21-10+. The third-order valence-corrected chi connectivity index (χ3v) is 7.08. The fourth-order valence-corrected chi connectivity index (χ4v) is 5.27. The summed E-state index contributed by atoms with van der Waals surface area (Å²) in [4.78, 5) is 25.3. The molecular weight excluding hydrogens is 583 g/mol. The van der Waals surface area contributed by atoms with Crippen LogP contribution in [0.15, 0.2) is 70.0 Å². The molecule has 34 heavy (non-hydrogen) atoms. The molecule has 3 aromatic rings. The van der Waals surface area contributed by atoms with E-state index in [1.54, 1.807) is 42.5 Å². The molecule has 0 aromatic heterocycles. The Morgan fingerprint density at radius 1 is 1.12 bits per heavy atom. The highest BCUT2D eigenvalue weighted by Crippen LogP contribution is 2.40. The molecular formula is C23H13BrCl2N2O4S2. The maximum atomic E-state index is 13.2. The van der Waals surface area contributed by atoms with Crippen LogP contribution in [0.5, 0.6) is 5.75 Å². The highest BCUT2D eigenvalue weighted by molar-refractivity contribution is 9.10. The summed E-state index contributed by atoms with van der Waals surface area (Å²) < 4.78 is 7.11. The predicted molar refractivity (Wildman–Crippen MR) is 144 cm³/mol. The number of amides is 1. The van der Waals surface area contributed by atoms with E-state index in [0.717, 1.165) is 21.8 Å². The Kier molecular flexibility index (Phi) is 7.59. The van der Waals surface area contributed by atoms with Crippen LogP contribution in [0.1, 0.15) is 11.1 Å². The number of hydrogen-bond acceptors (Lipinski definition) is 6. The van der Waals surface area contributed by atoms with Crippen LogP contribution in [-0.4, -0.2) is 15.2 Å². The van der Waals surface area contributed by atoms with E-state index in [4.69, 9.17) is 40.2 Å². The van der Waals surface area contributed by atoms with Crippen molar-refractivity contribution in [3.8, 4) is 5.75 Å². The quantitative estimate of drug-likeness (QED) is 0.126. The van der Waals surface area contributed by atoms with Gasteiger partial charge in [0.25, 0.3) is 11.6 Å². The van der Waals surface area contributed by atoms with E-state index in [9.17, 15) is 14.9 Å². The van der Waals surface area contributed by atoms with Crippen molar-refractivity contribution in [1.29, 1.82) is 0 Å². The van der Waals surface area contributed by atoms with Gasteiger partial charge in [-0.1, -0.05) is 63.1 Å². The zero-order valence-corrected chi connectivity index (χ0v) is 21.8. The van der Waals surface area contributed by atoms with Gasteiger partial charge in [0.15, 0.2) is 4.32 Å². The van der Waals surface area contributed by atoms with Crippen molar-refractivity contribution in [2.75, 3.05) is 4.90 Å². The average Bonchev–Trinajstić information content (AvgIpc) is 3.06. The summed E-state index contributed by atoms with van der Waals surface area (Å²) in [5, 5.41) is 11.6. The molecule has 1 aliphatic rings. The molecule has 1 fully saturated rings. The van der Waals surface area contributed by atoms with E-state index in [1.807, 2.05) is 12.1 Å². The van der Waals surface area contributed by atoms with E-state index >= 15 is 0 Å². The van der Waals surface area contributed by atoms with E-state index in [0.29, 0.717) is 36.3 Å². The Morgan fingerprint density at radius 2 is 1.85 bits per heavy atom. The predicted octanol–water partition coefficient (Wildman–Crippen LogP) is 7.65. The highest BCUT2D eigenvalue weighted by atomic mass is 79.9. The first-order valence-corrected chi connectivity index (χ1v) is 12.4. The monoisotopic (exact) mass is 594 g/mol.